The zero-order valence-electron chi connectivity index (χ0n) is 12.9. The van der Waals surface area contributed by atoms with Gasteiger partial charge in [-0.25, -0.2) is 0 Å². The third kappa shape index (κ3) is 3.35. The summed E-state index contributed by atoms with van der Waals surface area (Å²) in [6, 6.07) is 9.98. The van der Waals surface area contributed by atoms with Gasteiger partial charge in [-0.2, -0.15) is 4.98 Å². The fraction of sp³-hybridized carbons (Fsp3) is 0.500. The Morgan fingerprint density at radius 2 is 1.91 bits per heavy atom. The van der Waals surface area contributed by atoms with E-state index in [-0.39, 0.29) is 12.6 Å². The molecular formula is C16H22N4O2. The molecule has 1 aromatic heterocycles. The van der Waals surface area contributed by atoms with Crippen molar-refractivity contribution in [1.82, 2.24) is 19.9 Å². The Kier molecular flexibility index (Phi) is 4.82. The van der Waals surface area contributed by atoms with Crippen LogP contribution in [0.3, 0.4) is 0 Å². The van der Waals surface area contributed by atoms with Crippen LogP contribution in [0, 0.1) is 0 Å². The summed E-state index contributed by atoms with van der Waals surface area (Å²) >= 11 is 0. The van der Waals surface area contributed by atoms with Gasteiger partial charge in [0.05, 0.1) is 12.6 Å². The van der Waals surface area contributed by atoms with Crippen molar-refractivity contribution >= 4 is 0 Å². The highest BCUT2D eigenvalue weighted by atomic mass is 16.5. The van der Waals surface area contributed by atoms with Crippen LogP contribution in [0.4, 0.5) is 0 Å². The quantitative estimate of drug-likeness (QED) is 0.901. The van der Waals surface area contributed by atoms with Crippen LogP contribution in [0.25, 0.3) is 11.4 Å². The molecule has 1 fully saturated rings. The zero-order valence-corrected chi connectivity index (χ0v) is 12.9. The first-order valence-corrected chi connectivity index (χ1v) is 7.74. The summed E-state index contributed by atoms with van der Waals surface area (Å²) in [5, 5.41) is 13.1. The van der Waals surface area contributed by atoms with Crippen LogP contribution >= 0.6 is 0 Å². The maximum absolute atomic E-state index is 8.99. The molecule has 1 aliphatic rings. The average Bonchev–Trinajstić information content (AvgIpc) is 3.06. The normalized spacial score (nSPS) is 18.5. The van der Waals surface area contributed by atoms with Crippen molar-refractivity contribution in [2.75, 3.05) is 39.3 Å². The summed E-state index contributed by atoms with van der Waals surface area (Å²) in [5.74, 6) is 1.30. The minimum absolute atomic E-state index is 0.112. The Morgan fingerprint density at radius 3 is 2.59 bits per heavy atom. The highest BCUT2D eigenvalue weighted by molar-refractivity contribution is 5.53. The van der Waals surface area contributed by atoms with Crippen LogP contribution in [0.1, 0.15) is 18.9 Å². The Bertz CT molecular complexity index is 579. The number of β-amino-alcohol motifs (C(OH)–C–C–N with tert-alkyl or cyclic N) is 1. The first kappa shape index (κ1) is 15.1. The molecule has 118 valence electrons. The van der Waals surface area contributed by atoms with Crippen molar-refractivity contribution in [3.05, 3.63) is 36.2 Å². The Hall–Kier alpha value is -1.76. The molecule has 1 aliphatic heterocycles. The standard InChI is InChI=1S/C16H22N4O2/c1-13(20-9-7-19(8-10-20)11-12-21)16-17-15(18-22-16)14-5-3-2-4-6-14/h2-6,13,21H,7-12H2,1H3/t13-/m0/s1. The minimum atomic E-state index is 0.112. The van der Waals surface area contributed by atoms with Crippen LogP contribution in [0.2, 0.25) is 0 Å². The molecule has 0 bridgehead atoms. The summed E-state index contributed by atoms with van der Waals surface area (Å²) in [6.07, 6.45) is 0. The molecule has 2 aromatic rings. The summed E-state index contributed by atoms with van der Waals surface area (Å²) in [7, 11) is 0. The maximum Gasteiger partial charge on any atom is 0.244 e. The molecule has 0 unspecified atom stereocenters. The molecule has 0 aliphatic carbocycles. The van der Waals surface area contributed by atoms with Gasteiger partial charge in [-0.15, -0.1) is 0 Å². The molecule has 1 aromatic carbocycles. The van der Waals surface area contributed by atoms with Crippen molar-refractivity contribution in [2.45, 2.75) is 13.0 Å². The smallest absolute Gasteiger partial charge is 0.244 e. The first-order valence-electron chi connectivity index (χ1n) is 7.74. The molecule has 1 atom stereocenters. The third-order valence-electron chi connectivity index (χ3n) is 4.20. The number of hydrogen-bond donors (Lipinski definition) is 1. The summed E-state index contributed by atoms with van der Waals surface area (Å²) in [4.78, 5) is 9.15. The van der Waals surface area contributed by atoms with E-state index in [2.05, 4.69) is 26.9 Å². The van der Waals surface area contributed by atoms with Crippen molar-refractivity contribution in [3.8, 4) is 11.4 Å². The lowest BCUT2D eigenvalue weighted by molar-refractivity contribution is 0.0776. The molecule has 0 spiro atoms. The van der Waals surface area contributed by atoms with Crippen molar-refractivity contribution < 1.29 is 9.63 Å². The van der Waals surface area contributed by atoms with Crippen LogP contribution in [0.5, 0.6) is 0 Å². The second-order valence-corrected chi connectivity index (χ2v) is 5.60. The molecule has 3 rings (SSSR count). The Balaban J connectivity index is 1.64. The number of hydrogen-bond acceptors (Lipinski definition) is 6. The van der Waals surface area contributed by atoms with Gasteiger partial charge in [0, 0.05) is 38.3 Å². The molecule has 6 heteroatoms. The van der Waals surface area contributed by atoms with Gasteiger partial charge in [0.1, 0.15) is 0 Å². The summed E-state index contributed by atoms with van der Waals surface area (Å²) in [6.45, 7) is 6.90. The first-order chi connectivity index (χ1) is 10.8. The molecule has 2 heterocycles. The van der Waals surface area contributed by atoms with Crippen LogP contribution in [0.15, 0.2) is 34.9 Å². The number of aromatic nitrogens is 2. The highest BCUT2D eigenvalue weighted by Gasteiger charge is 2.25. The van der Waals surface area contributed by atoms with Crippen molar-refractivity contribution in [1.29, 1.82) is 0 Å². The summed E-state index contributed by atoms with van der Waals surface area (Å²) in [5.41, 5.74) is 0.970. The van der Waals surface area contributed by atoms with E-state index in [0.717, 1.165) is 38.3 Å². The van der Waals surface area contributed by atoms with Gasteiger partial charge >= 0.3 is 0 Å². The molecule has 1 saturated heterocycles. The lowest BCUT2D eigenvalue weighted by Gasteiger charge is -2.36. The van der Waals surface area contributed by atoms with E-state index in [1.165, 1.54) is 0 Å². The number of piperazine rings is 1. The van der Waals surface area contributed by atoms with E-state index in [4.69, 9.17) is 9.63 Å². The molecule has 1 N–H and O–H groups in total. The zero-order chi connectivity index (χ0) is 15.4. The number of aliphatic hydroxyl groups excluding tert-OH is 1. The molecule has 6 nitrogen and oxygen atoms in total. The number of nitrogens with zero attached hydrogens (tertiary/aromatic N) is 4. The number of rotatable bonds is 5. The Morgan fingerprint density at radius 1 is 1.18 bits per heavy atom. The second-order valence-electron chi connectivity index (χ2n) is 5.60. The third-order valence-corrected chi connectivity index (χ3v) is 4.20. The van der Waals surface area contributed by atoms with E-state index in [0.29, 0.717) is 11.7 Å². The van der Waals surface area contributed by atoms with Gasteiger partial charge in [-0.3, -0.25) is 9.80 Å². The number of aliphatic hydroxyl groups is 1. The van der Waals surface area contributed by atoms with Gasteiger partial charge in [0.2, 0.25) is 11.7 Å². The van der Waals surface area contributed by atoms with Crippen LogP contribution in [-0.4, -0.2) is 64.4 Å². The molecule has 0 amide bonds. The lowest BCUT2D eigenvalue weighted by atomic mass is 10.2. The van der Waals surface area contributed by atoms with Gasteiger partial charge in [-0.1, -0.05) is 35.5 Å². The van der Waals surface area contributed by atoms with Gasteiger partial charge in [0.15, 0.2) is 0 Å². The predicted octanol–water partition coefficient (Wildman–Crippen LogP) is 1.41. The monoisotopic (exact) mass is 302 g/mol. The Labute approximate surface area is 130 Å². The van der Waals surface area contributed by atoms with Crippen LogP contribution < -0.4 is 0 Å². The maximum atomic E-state index is 8.99. The van der Waals surface area contributed by atoms with Crippen LogP contribution in [-0.2, 0) is 0 Å². The van der Waals surface area contributed by atoms with Crippen molar-refractivity contribution in [2.24, 2.45) is 0 Å². The number of benzene rings is 1. The highest BCUT2D eigenvalue weighted by Crippen LogP contribution is 2.23. The molecular weight excluding hydrogens is 280 g/mol. The predicted molar refractivity (Wildman–Crippen MR) is 83.2 cm³/mol. The minimum Gasteiger partial charge on any atom is -0.395 e. The molecule has 0 saturated carbocycles. The van der Waals surface area contributed by atoms with Gasteiger partial charge < -0.3 is 9.63 Å². The summed E-state index contributed by atoms with van der Waals surface area (Å²) < 4.78 is 5.45. The second kappa shape index (κ2) is 7.00. The van der Waals surface area contributed by atoms with E-state index < -0.39 is 0 Å². The van der Waals surface area contributed by atoms with E-state index in [9.17, 15) is 0 Å². The molecule has 22 heavy (non-hydrogen) atoms. The van der Waals surface area contributed by atoms with Gasteiger partial charge in [-0.05, 0) is 6.92 Å². The van der Waals surface area contributed by atoms with E-state index in [1.807, 2.05) is 30.3 Å². The average molecular weight is 302 g/mol. The van der Waals surface area contributed by atoms with E-state index >= 15 is 0 Å². The van der Waals surface area contributed by atoms with Gasteiger partial charge in [0.25, 0.3) is 0 Å². The lowest BCUT2D eigenvalue weighted by Crippen LogP contribution is -2.47. The fourth-order valence-corrected chi connectivity index (χ4v) is 2.78. The van der Waals surface area contributed by atoms with Crippen molar-refractivity contribution in [3.63, 3.8) is 0 Å². The fourth-order valence-electron chi connectivity index (χ4n) is 2.78. The molecule has 0 radical (unpaired) electrons. The SMILES string of the molecule is C[C@@H](c1nc(-c2ccccc2)no1)N1CCN(CCO)CC1. The van der Waals surface area contributed by atoms with E-state index in [1.54, 1.807) is 0 Å². The largest absolute Gasteiger partial charge is 0.395 e. The topological polar surface area (TPSA) is 65.6 Å².